The molecule has 0 aliphatic carbocycles. The van der Waals surface area contributed by atoms with E-state index in [4.69, 9.17) is 4.98 Å². The predicted octanol–water partition coefficient (Wildman–Crippen LogP) is 3.59. The predicted molar refractivity (Wildman–Crippen MR) is 101 cm³/mol. The molecule has 5 nitrogen and oxygen atoms in total. The number of fused-ring (bicyclic) bond motifs is 1. The highest BCUT2D eigenvalue weighted by atomic mass is 16.1. The van der Waals surface area contributed by atoms with E-state index in [1.807, 2.05) is 38.1 Å². The van der Waals surface area contributed by atoms with Crippen LogP contribution in [-0.4, -0.2) is 27.8 Å². The van der Waals surface area contributed by atoms with Crippen molar-refractivity contribution in [3.05, 3.63) is 42.2 Å². The summed E-state index contributed by atoms with van der Waals surface area (Å²) in [5, 5.41) is 2.86. The highest BCUT2D eigenvalue weighted by molar-refractivity contribution is 5.87. The first-order valence-corrected chi connectivity index (χ1v) is 8.91. The molecular formula is C20H27N3O2. The number of hydrogen-bond donors (Lipinski definition) is 1. The molecule has 2 aromatic rings. The summed E-state index contributed by atoms with van der Waals surface area (Å²) in [6, 6.07) is 7.74. The Hall–Kier alpha value is -2.43. The van der Waals surface area contributed by atoms with Crippen LogP contribution in [0.1, 0.15) is 51.9 Å². The Morgan fingerprint density at radius 2 is 2.00 bits per heavy atom. The van der Waals surface area contributed by atoms with Crippen molar-refractivity contribution in [3.63, 3.8) is 0 Å². The summed E-state index contributed by atoms with van der Waals surface area (Å²) in [6.07, 6.45) is 7.02. The van der Waals surface area contributed by atoms with Crippen LogP contribution in [-0.2, 0) is 16.0 Å². The van der Waals surface area contributed by atoms with Gasteiger partial charge in [0.1, 0.15) is 5.82 Å². The molecule has 1 heterocycles. The van der Waals surface area contributed by atoms with Crippen molar-refractivity contribution in [3.8, 4) is 0 Å². The second-order valence-corrected chi connectivity index (χ2v) is 6.28. The number of hydrogen-bond acceptors (Lipinski definition) is 3. The molecule has 25 heavy (non-hydrogen) atoms. The molecule has 0 aliphatic rings. The molecule has 0 aliphatic heterocycles. The molecule has 1 atom stereocenters. The van der Waals surface area contributed by atoms with Crippen molar-refractivity contribution < 1.29 is 9.59 Å². The summed E-state index contributed by atoms with van der Waals surface area (Å²) in [4.78, 5) is 27.9. The third-order valence-corrected chi connectivity index (χ3v) is 4.34. The van der Waals surface area contributed by atoms with Crippen LogP contribution in [0.15, 0.2) is 36.4 Å². The number of carbonyl (C=O) groups excluding carboxylic acids is 2. The minimum atomic E-state index is -0.206. The Labute approximate surface area is 149 Å². The molecule has 0 fully saturated rings. The molecule has 1 aromatic heterocycles. The molecule has 1 unspecified atom stereocenters. The number of benzene rings is 1. The van der Waals surface area contributed by atoms with Gasteiger partial charge in [-0.3, -0.25) is 9.59 Å². The average molecular weight is 341 g/mol. The molecule has 1 aromatic carbocycles. The number of allylic oxidation sites excluding steroid dienone is 1. The van der Waals surface area contributed by atoms with E-state index in [1.54, 1.807) is 13.0 Å². The van der Waals surface area contributed by atoms with Gasteiger partial charge in [-0.2, -0.15) is 0 Å². The number of unbranched alkanes of at least 4 members (excludes halogenated alkanes) is 2. The lowest BCUT2D eigenvalue weighted by molar-refractivity contribution is -0.119. The van der Waals surface area contributed by atoms with Gasteiger partial charge in [-0.1, -0.05) is 24.6 Å². The van der Waals surface area contributed by atoms with Crippen LogP contribution >= 0.6 is 0 Å². The topological polar surface area (TPSA) is 64.0 Å². The summed E-state index contributed by atoms with van der Waals surface area (Å²) >= 11 is 0. The first kappa shape index (κ1) is 18.9. The molecule has 134 valence electrons. The second-order valence-electron chi connectivity index (χ2n) is 6.28. The number of imidazole rings is 1. The zero-order valence-corrected chi connectivity index (χ0v) is 15.3. The lowest BCUT2D eigenvalue weighted by Gasteiger charge is -2.15. The normalized spacial score (nSPS) is 12.6. The van der Waals surface area contributed by atoms with Gasteiger partial charge in [0, 0.05) is 13.0 Å². The maximum absolute atomic E-state index is 11.9. The molecule has 0 bridgehead atoms. The number of carbonyl (C=O) groups is 2. The quantitative estimate of drug-likeness (QED) is 0.560. The van der Waals surface area contributed by atoms with Crippen LogP contribution in [0.3, 0.4) is 0 Å². The number of aryl methyl sites for hydroxylation is 1. The van der Waals surface area contributed by atoms with Gasteiger partial charge in [-0.25, -0.2) is 4.98 Å². The van der Waals surface area contributed by atoms with Crippen LogP contribution in [0.25, 0.3) is 11.0 Å². The standard InChI is InChI=1S/C20H27N3O2/c1-4-10-20(25)21-14-9-5-6-13-19-22-17-11-7-8-12-18(17)23(19)15(2)16(3)24/h4,7-8,10-12,15H,5-6,9,13-14H2,1-3H3,(H,21,25)/b10-4+. The van der Waals surface area contributed by atoms with Gasteiger partial charge < -0.3 is 9.88 Å². The van der Waals surface area contributed by atoms with Gasteiger partial charge in [0.15, 0.2) is 5.78 Å². The Kier molecular flexibility index (Phi) is 6.92. The van der Waals surface area contributed by atoms with Crippen LogP contribution in [0.2, 0.25) is 0 Å². The third-order valence-electron chi connectivity index (χ3n) is 4.34. The first-order valence-electron chi connectivity index (χ1n) is 8.91. The van der Waals surface area contributed by atoms with Crippen LogP contribution < -0.4 is 5.32 Å². The van der Waals surface area contributed by atoms with E-state index < -0.39 is 0 Å². The second kappa shape index (κ2) is 9.16. The Morgan fingerprint density at radius 3 is 2.72 bits per heavy atom. The van der Waals surface area contributed by atoms with Gasteiger partial charge in [-0.15, -0.1) is 0 Å². The van der Waals surface area contributed by atoms with Crippen LogP contribution in [0, 0.1) is 0 Å². The largest absolute Gasteiger partial charge is 0.353 e. The fraction of sp³-hybridized carbons (Fsp3) is 0.450. The summed E-state index contributed by atoms with van der Waals surface area (Å²) in [5.41, 5.74) is 1.95. The van der Waals surface area contributed by atoms with Crippen molar-refractivity contribution >= 4 is 22.7 Å². The SMILES string of the molecule is C/C=C/C(=O)NCCCCCc1nc2ccccc2n1C(C)C(C)=O. The van der Waals surface area contributed by atoms with Crippen molar-refractivity contribution in [2.24, 2.45) is 0 Å². The number of aromatic nitrogens is 2. The number of rotatable bonds is 9. The van der Waals surface area contributed by atoms with E-state index in [1.165, 1.54) is 6.08 Å². The van der Waals surface area contributed by atoms with Crippen LogP contribution in [0.5, 0.6) is 0 Å². The zero-order valence-electron chi connectivity index (χ0n) is 15.3. The lowest BCUT2D eigenvalue weighted by atomic mass is 10.1. The fourth-order valence-electron chi connectivity index (χ4n) is 2.89. The molecule has 0 spiro atoms. The Bertz CT molecular complexity index is 761. The van der Waals surface area contributed by atoms with Gasteiger partial charge in [0.2, 0.25) is 5.91 Å². The van der Waals surface area contributed by atoms with E-state index in [2.05, 4.69) is 9.88 Å². The highest BCUT2D eigenvalue weighted by Crippen LogP contribution is 2.23. The molecule has 1 N–H and O–H groups in total. The van der Waals surface area contributed by atoms with E-state index >= 15 is 0 Å². The number of nitrogens with one attached hydrogen (secondary N) is 1. The number of ketones is 1. The molecule has 0 saturated carbocycles. The van der Waals surface area contributed by atoms with E-state index in [-0.39, 0.29) is 17.7 Å². The van der Waals surface area contributed by atoms with Gasteiger partial charge in [0.05, 0.1) is 17.1 Å². The third kappa shape index (κ3) is 5.02. The van der Waals surface area contributed by atoms with Crippen molar-refractivity contribution in [2.45, 2.75) is 52.5 Å². The molecule has 2 rings (SSSR count). The Morgan fingerprint density at radius 1 is 1.24 bits per heavy atom. The molecule has 1 amide bonds. The average Bonchev–Trinajstić information content (AvgIpc) is 2.95. The van der Waals surface area contributed by atoms with Crippen molar-refractivity contribution in [1.82, 2.24) is 14.9 Å². The smallest absolute Gasteiger partial charge is 0.243 e. The summed E-state index contributed by atoms with van der Waals surface area (Å²) < 4.78 is 2.06. The van der Waals surface area contributed by atoms with Crippen molar-refractivity contribution in [2.75, 3.05) is 6.54 Å². The van der Waals surface area contributed by atoms with E-state index in [0.29, 0.717) is 6.54 Å². The number of nitrogens with zero attached hydrogens (tertiary/aromatic N) is 2. The van der Waals surface area contributed by atoms with E-state index in [0.717, 1.165) is 42.5 Å². The number of amides is 1. The number of para-hydroxylation sites is 2. The lowest BCUT2D eigenvalue weighted by Crippen LogP contribution is -2.22. The maximum atomic E-state index is 11.9. The molecule has 5 heteroatoms. The van der Waals surface area contributed by atoms with Gasteiger partial charge in [0.25, 0.3) is 0 Å². The minimum absolute atomic E-state index is 0.0421. The summed E-state index contributed by atoms with van der Waals surface area (Å²) in [6.45, 7) is 6.06. The fourth-order valence-corrected chi connectivity index (χ4v) is 2.89. The van der Waals surface area contributed by atoms with Gasteiger partial charge >= 0.3 is 0 Å². The van der Waals surface area contributed by atoms with Gasteiger partial charge in [-0.05, 0) is 51.8 Å². The number of Topliss-reactive ketones (excluding diaryl/α,β-unsaturated/α-hetero) is 1. The summed E-state index contributed by atoms with van der Waals surface area (Å²) in [5.74, 6) is 1.05. The first-order chi connectivity index (χ1) is 12.0. The Balaban J connectivity index is 1.95. The molecular weight excluding hydrogens is 314 g/mol. The van der Waals surface area contributed by atoms with Crippen LogP contribution in [0.4, 0.5) is 0 Å². The van der Waals surface area contributed by atoms with E-state index in [9.17, 15) is 9.59 Å². The molecule has 0 radical (unpaired) electrons. The van der Waals surface area contributed by atoms with Crippen molar-refractivity contribution in [1.29, 1.82) is 0 Å². The molecule has 0 saturated heterocycles. The highest BCUT2D eigenvalue weighted by Gasteiger charge is 2.18. The minimum Gasteiger partial charge on any atom is -0.353 e. The zero-order chi connectivity index (χ0) is 18.2. The monoisotopic (exact) mass is 341 g/mol. The maximum Gasteiger partial charge on any atom is 0.243 e. The summed E-state index contributed by atoms with van der Waals surface area (Å²) in [7, 11) is 0.